The largest absolute Gasteiger partial charge is 0.392 e. The van der Waals surface area contributed by atoms with Crippen molar-refractivity contribution in [3.63, 3.8) is 0 Å². The first-order valence-corrected chi connectivity index (χ1v) is 22.4. The third kappa shape index (κ3) is 15.3. The number of hydrogen-bond acceptors (Lipinski definition) is 12. The van der Waals surface area contributed by atoms with E-state index < -0.39 is 28.3 Å². The van der Waals surface area contributed by atoms with Crippen LogP contribution in [0.25, 0.3) is 0 Å². The Labute approximate surface area is 359 Å². The lowest BCUT2D eigenvalue weighted by atomic mass is 9.99. The van der Waals surface area contributed by atoms with Gasteiger partial charge in [-0.3, -0.25) is 9.69 Å². The fourth-order valence-corrected chi connectivity index (χ4v) is 8.18. The van der Waals surface area contributed by atoms with Crippen LogP contribution in [0.3, 0.4) is 0 Å². The number of carbonyl (C=O) groups is 1. The van der Waals surface area contributed by atoms with Crippen molar-refractivity contribution in [3.8, 4) is 0 Å². The zero-order valence-electron chi connectivity index (χ0n) is 34.8. The summed E-state index contributed by atoms with van der Waals surface area (Å²) in [6.07, 6.45) is -0.712. The highest BCUT2D eigenvalue weighted by molar-refractivity contribution is 7.89. The van der Waals surface area contributed by atoms with Gasteiger partial charge in [0.05, 0.1) is 89.8 Å². The number of aliphatic hydroxyl groups is 1. The molecule has 0 bridgehead atoms. The summed E-state index contributed by atoms with van der Waals surface area (Å²) >= 11 is 0. The number of aliphatic hydroxyl groups excluding tert-OH is 1. The zero-order valence-corrected chi connectivity index (χ0v) is 35.6. The predicted octanol–water partition coefficient (Wildman–Crippen LogP) is 4.96. The van der Waals surface area contributed by atoms with Crippen LogP contribution < -0.4 is 10.0 Å². The highest BCUT2D eigenvalue weighted by Crippen LogP contribution is 2.38. The average Bonchev–Trinajstić information content (AvgIpc) is 3.27. The average molecular weight is 862 g/mol. The topological polar surface area (TPSA) is 163 Å². The van der Waals surface area contributed by atoms with E-state index in [0.29, 0.717) is 103 Å². The van der Waals surface area contributed by atoms with Crippen LogP contribution in [0.4, 0.5) is 5.69 Å². The second-order valence-electron chi connectivity index (χ2n) is 15.0. The minimum atomic E-state index is -4.03. The monoisotopic (exact) mass is 861 g/mol. The second-order valence-corrected chi connectivity index (χ2v) is 16.7. The lowest BCUT2D eigenvalue weighted by molar-refractivity contribution is -0.253. The Kier molecular flexibility index (Phi) is 18.6. The Balaban J connectivity index is 1.18. The van der Waals surface area contributed by atoms with Crippen LogP contribution in [0.15, 0.2) is 108 Å². The van der Waals surface area contributed by atoms with Crippen LogP contribution in [0.2, 0.25) is 0 Å². The predicted molar refractivity (Wildman–Crippen MR) is 229 cm³/mol. The molecule has 4 unspecified atom stereocenters. The van der Waals surface area contributed by atoms with Gasteiger partial charge in [-0.1, -0.05) is 84.4 Å². The van der Waals surface area contributed by atoms with Gasteiger partial charge < -0.3 is 43.6 Å². The van der Waals surface area contributed by atoms with Crippen LogP contribution in [0, 0.1) is 6.92 Å². The van der Waals surface area contributed by atoms with E-state index in [1.54, 1.807) is 30.3 Å². The molecule has 1 amide bonds. The van der Waals surface area contributed by atoms with E-state index in [1.165, 1.54) is 12.1 Å². The van der Waals surface area contributed by atoms with Crippen LogP contribution in [-0.4, -0.2) is 122 Å². The molecule has 4 atom stereocenters. The molecule has 0 spiro atoms. The van der Waals surface area contributed by atoms with Crippen molar-refractivity contribution in [1.29, 1.82) is 0 Å². The normalized spacial score (nSPS) is 21.4. The van der Waals surface area contributed by atoms with Gasteiger partial charge in [-0.2, -0.15) is 4.72 Å². The Hall–Kier alpha value is -4.10. The lowest BCUT2D eigenvalue weighted by Gasteiger charge is -2.38. The van der Waals surface area contributed by atoms with Gasteiger partial charge in [0.15, 0.2) is 6.29 Å². The van der Waals surface area contributed by atoms with Crippen LogP contribution >= 0.6 is 0 Å². The third-order valence-electron chi connectivity index (χ3n) is 10.3. The molecule has 2 aliphatic heterocycles. The molecule has 0 saturated carbocycles. The molecule has 0 aromatic heterocycles. The summed E-state index contributed by atoms with van der Waals surface area (Å²) < 4.78 is 71.7. The van der Waals surface area contributed by atoms with Gasteiger partial charge >= 0.3 is 0 Å². The maximum absolute atomic E-state index is 14.0. The minimum Gasteiger partial charge on any atom is -0.392 e. The van der Waals surface area contributed by atoms with Gasteiger partial charge in [0.2, 0.25) is 15.9 Å². The number of nitrogens with zero attached hydrogens (tertiary/aromatic N) is 1. The van der Waals surface area contributed by atoms with Crippen molar-refractivity contribution in [2.45, 2.75) is 55.8 Å². The van der Waals surface area contributed by atoms with E-state index in [2.05, 4.69) is 14.9 Å². The number of nitrogens with one attached hydrogen (secondary N) is 2. The summed E-state index contributed by atoms with van der Waals surface area (Å²) in [5.41, 5.74) is 4.59. The number of benzene rings is 4. The number of amides is 1. The molecule has 330 valence electrons. The SMILES string of the molecule is Cc1ccc(S(=O)(=O)NC(Cc2ccccc2)C(=O)Nc2cccc(C3OC(CN4CCOCCOCCOCCOCCOCC4)CC(c4ccc(CO)cc4)O3)c2)cc1. The lowest BCUT2D eigenvalue weighted by Crippen LogP contribution is -2.45. The van der Waals surface area contributed by atoms with Crippen LogP contribution in [0.5, 0.6) is 0 Å². The van der Waals surface area contributed by atoms with Crippen molar-refractivity contribution < 1.29 is 51.5 Å². The summed E-state index contributed by atoms with van der Waals surface area (Å²) in [4.78, 5) is 16.3. The molecule has 6 rings (SSSR count). The van der Waals surface area contributed by atoms with Gasteiger partial charge in [-0.25, -0.2) is 8.42 Å². The molecule has 4 aromatic carbocycles. The Morgan fingerprint density at radius 3 is 1.92 bits per heavy atom. The number of ether oxygens (including phenoxy) is 7. The molecule has 2 heterocycles. The molecular weight excluding hydrogens is 803 g/mol. The molecule has 61 heavy (non-hydrogen) atoms. The molecule has 4 aromatic rings. The number of sulfonamides is 1. The van der Waals surface area contributed by atoms with E-state index in [0.717, 1.165) is 22.3 Å². The molecular formula is C46H59N3O11S. The first kappa shape index (κ1) is 46.4. The van der Waals surface area contributed by atoms with Crippen molar-refractivity contribution in [3.05, 3.63) is 131 Å². The Morgan fingerprint density at radius 1 is 0.705 bits per heavy atom. The van der Waals surface area contributed by atoms with Gasteiger partial charge in [0.25, 0.3) is 0 Å². The Bertz CT molecular complexity index is 1990. The molecule has 15 heteroatoms. The van der Waals surface area contributed by atoms with Crippen LogP contribution in [-0.2, 0) is 61.0 Å². The maximum atomic E-state index is 14.0. The standard InChI is InChI=1S/C46H59N3O11S/c1-35-10-16-42(17-11-35)61(52,53)48-43(30-36-6-3-2-4-7-36)45(51)47-40-9-5-8-39(31-40)46-59-41(32-44(60-46)38-14-12-37(34-50)13-15-38)33-49-18-20-54-22-24-56-26-28-58-29-27-57-25-23-55-21-19-49/h2-17,31,41,43-44,46,48,50H,18-30,32-34H2,1H3,(H,47,51). The number of hydrogen-bond donors (Lipinski definition) is 3. The van der Waals surface area contributed by atoms with E-state index in [-0.39, 0.29) is 30.1 Å². The molecule has 0 radical (unpaired) electrons. The smallest absolute Gasteiger partial charge is 0.242 e. The maximum Gasteiger partial charge on any atom is 0.242 e. The minimum absolute atomic E-state index is 0.0654. The van der Waals surface area contributed by atoms with Crippen molar-refractivity contribution in [2.24, 2.45) is 0 Å². The molecule has 14 nitrogen and oxygen atoms in total. The Morgan fingerprint density at radius 2 is 1.31 bits per heavy atom. The van der Waals surface area contributed by atoms with E-state index >= 15 is 0 Å². The summed E-state index contributed by atoms with van der Waals surface area (Å²) in [7, 11) is -4.03. The first-order valence-electron chi connectivity index (χ1n) is 20.9. The first-order chi connectivity index (χ1) is 29.8. The fourth-order valence-electron chi connectivity index (χ4n) is 6.99. The van der Waals surface area contributed by atoms with E-state index in [9.17, 15) is 18.3 Å². The van der Waals surface area contributed by atoms with Crippen LogP contribution in [0.1, 0.15) is 46.6 Å². The second kappa shape index (κ2) is 24.5. The number of rotatable bonds is 12. The molecule has 3 N–H and O–H groups in total. The van der Waals surface area contributed by atoms with E-state index in [1.807, 2.05) is 67.6 Å². The van der Waals surface area contributed by atoms with Crippen molar-refractivity contribution >= 4 is 21.6 Å². The number of aryl methyl sites for hydroxylation is 1. The number of carbonyl (C=O) groups excluding carboxylic acids is 1. The van der Waals surface area contributed by atoms with Crippen molar-refractivity contribution in [2.75, 3.05) is 91.0 Å². The number of anilines is 1. The van der Waals surface area contributed by atoms with Crippen molar-refractivity contribution in [1.82, 2.24) is 9.62 Å². The third-order valence-corrected chi connectivity index (χ3v) is 11.8. The quantitative estimate of drug-likeness (QED) is 0.176. The van der Waals surface area contributed by atoms with Gasteiger partial charge in [0.1, 0.15) is 6.04 Å². The van der Waals surface area contributed by atoms with Gasteiger partial charge in [-0.15, -0.1) is 0 Å². The summed E-state index contributed by atoms with van der Waals surface area (Å²) in [6.45, 7) is 8.52. The fraction of sp³-hybridized carbons (Fsp3) is 0.457. The highest BCUT2D eigenvalue weighted by atomic mass is 32.2. The molecule has 0 aliphatic carbocycles. The highest BCUT2D eigenvalue weighted by Gasteiger charge is 2.34. The summed E-state index contributed by atoms with van der Waals surface area (Å²) in [5, 5.41) is 12.7. The molecule has 2 aliphatic rings. The zero-order chi connectivity index (χ0) is 42.7. The molecule has 2 saturated heterocycles. The molecule has 2 fully saturated rings. The summed E-state index contributed by atoms with van der Waals surface area (Å²) in [5.74, 6) is -0.516. The summed E-state index contributed by atoms with van der Waals surface area (Å²) in [6, 6.07) is 29.6. The van der Waals surface area contributed by atoms with Gasteiger partial charge in [0, 0.05) is 37.3 Å². The van der Waals surface area contributed by atoms with E-state index in [4.69, 9.17) is 33.2 Å². The van der Waals surface area contributed by atoms with Gasteiger partial charge in [-0.05, 0) is 54.3 Å².